The van der Waals surface area contributed by atoms with E-state index in [2.05, 4.69) is 43.5 Å². The molecule has 0 spiro atoms. The van der Waals surface area contributed by atoms with Gasteiger partial charge in [0.15, 0.2) is 5.96 Å². The van der Waals surface area contributed by atoms with Crippen LogP contribution in [0.3, 0.4) is 0 Å². The summed E-state index contributed by atoms with van der Waals surface area (Å²) < 4.78 is 5.81. The number of phenolic OH excluding ortho intramolecular Hbond substituents is 1. The number of aliphatic imine (C=N–C) groups is 1. The van der Waals surface area contributed by atoms with Crippen LogP contribution in [0.15, 0.2) is 95.7 Å². The number of hydrogen-bond acceptors (Lipinski definition) is 12. The van der Waals surface area contributed by atoms with E-state index < -0.39 is 120 Å². The molecule has 0 aliphatic carbocycles. The van der Waals surface area contributed by atoms with E-state index >= 15 is 0 Å². The van der Waals surface area contributed by atoms with Gasteiger partial charge in [0.05, 0.1) is 24.5 Å². The summed E-state index contributed by atoms with van der Waals surface area (Å²) in [4.78, 5) is 126. The van der Waals surface area contributed by atoms with Crippen LogP contribution in [-0.4, -0.2) is 143 Å². The molecule has 0 saturated carbocycles. The summed E-state index contributed by atoms with van der Waals surface area (Å²) in [6, 6.07) is 6.66. The fourth-order valence-corrected chi connectivity index (χ4v) is 7.80. The maximum Gasteiger partial charge on any atom is 0.326 e. The number of carboxylic acids is 2. The van der Waals surface area contributed by atoms with Crippen LogP contribution in [0.25, 0.3) is 0 Å². The van der Waals surface area contributed by atoms with Crippen LogP contribution in [0.2, 0.25) is 0 Å². The first-order valence-corrected chi connectivity index (χ1v) is 24.4. The Balaban J connectivity index is 2.10. The number of nitrogens with one attached hydrogen (secondary N) is 6. The van der Waals surface area contributed by atoms with Crippen molar-refractivity contribution in [1.82, 2.24) is 36.8 Å². The Morgan fingerprint density at radius 2 is 1.44 bits per heavy atom. The molecule has 0 radical (unpaired) electrons. The summed E-state index contributed by atoms with van der Waals surface area (Å²) in [5, 5.41) is 45.1. The van der Waals surface area contributed by atoms with Gasteiger partial charge in [0.25, 0.3) is 5.91 Å². The smallest absolute Gasteiger partial charge is 0.326 e. The molecule has 23 heteroatoms. The van der Waals surface area contributed by atoms with Crippen molar-refractivity contribution >= 4 is 59.2 Å². The van der Waals surface area contributed by atoms with Crippen LogP contribution >= 0.6 is 0 Å². The number of allylic oxidation sites excluding steroid dienone is 2. The number of nitrogens with two attached hydrogens (primary N) is 2. The number of likely N-dealkylation sites (N-methyl/N-ethyl adjacent to an activating group) is 1. The van der Waals surface area contributed by atoms with Crippen LogP contribution in [0.5, 0.6) is 5.75 Å². The SMILES string of the molecule is C=C1C(=O)NC(C)C(=O)NC(CCc2ccc(O)cc2)C(=O)NC(C(=O)O)CC(=O)NC(CCCN=C(N)N)C(=O)NC(C=CC(C)=CC(C)C(Cc2ccccc2)OC)C(C)C(=O)NC(C(=O)O)CCC(=O)N1C. The topological polar surface area (TPSA) is 363 Å². The van der Waals surface area contributed by atoms with Crippen molar-refractivity contribution in [1.29, 1.82) is 0 Å². The van der Waals surface area contributed by atoms with Crippen molar-refractivity contribution in [2.45, 2.75) is 121 Å². The zero-order valence-corrected chi connectivity index (χ0v) is 43.2. The molecule has 0 aromatic heterocycles. The van der Waals surface area contributed by atoms with Crippen LogP contribution in [-0.2, 0) is 60.7 Å². The third-order valence-corrected chi connectivity index (χ3v) is 12.5. The van der Waals surface area contributed by atoms with Gasteiger partial charge in [-0.3, -0.25) is 38.6 Å². The molecule has 408 valence electrons. The number of methoxy groups -OCH3 is 1. The highest BCUT2D eigenvalue weighted by molar-refractivity contribution is 6.00. The number of carbonyl (C=O) groups is 9. The molecule has 9 unspecified atom stereocenters. The van der Waals surface area contributed by atoms with Gasteiger partial charge in [0, 0.05) is 33.0 Å². The predicted octanol–water partition coefficient (Wildman–Crippen LogP) is 0.665. The summed E-state index contributed by atoms with van der Waals surface area (Å²) in [6.45, 7) is 10.1. The number of phenols is 1. The number of rotatable bonds is 16. The molecule has 1 heterocycles. The first kappa shape index (κ1) is 61.2. The Morgan fingerprint density at radius 3 is 2.05 bits per heavy atom. The average molecular weight is 1050 g/mol. The molecule has 7 amide bonds. The average Bonchev–Trinajstić information content (AvgIpc) is 3.36. The third kappa shape index (κ3) is 20.8. The van der Waals surface area contributed by atoms with Gasteiger partial charge in [-0.2, -0.15) is 0 Å². The number of aryl methyl sites for hydroxylation is 1. The molecule has 9 atom stereocenters. The Morgan fingerprint density at radius 1 is 0.827 bits per heavy atom. The first-order valence-electron chi connectivity index (χ1n) is 24.4. The van der Waals surface area contributed by atoms with Gasteiger partial charge in [0.1, 0.15) is 41.7 Å². The normalized spacial score (nSPS) is 23.5. The lowest BCUT2D eigenvalue weighted by Crippen LogP contribution is -2.56. The van der Waals surface area contributed by atoms with Gasteiger partial charge < -0.3 is 68.3 Å². The summed E-state index contributed by atoms with van der Waals surface area (Å²) in [5.74, 6) is -11.2. The lowest BCUT2D eigenvalue weighted by molar-refractivity contribution is -0.144. The van der Waals surface area contributed by atoms with Gasteiger partial charge in [-0.05, 0) is 75.6 Å². The Kier molecular flexibility index (Phi) is 24.6. The fraction of sp³-hybridized carbons (Fsp3) is 0.462. The highest BCUT2D eigenvalue weighted by Crippen LogP contribution is 2.19. The van der Waals surface area contributed by atoms with Gasteiger partial charge in [-0.25, -0.2) is 9.59 Å². The van der Waals surface area contributed by atoms with Crippen LogP contribution in [0.1, 0.15) is 77.3 Å². The number of aromatic hydroxyl groups is 1. The molecule has 2 aromatic rings. The number of ether oxygens (including phenoxy) is 1. The highest BCUT2D eigenvalue weighted by Gasteiger charge is 2.34. The molecule has 75 heavy (non-hydrogen) atoms. The van der Waals surface area contributed by atoms with E-state index in [0.717, 1.165) is 10.5 Å². The number of carbonyl (C=O) groups excluding carboxylic acids is 7. The molecular weight excluding hydrogens is 973 g/mol. The Bertz CT molecular complexity index is 2440. The van der Waals surface area contributed by atoms with Gasteiger partial charge in [-0.1, -0.05) is 86.7 Å². The lowest BCUT2D eigenvalue weighted by Gasteiger charge is -2.27. The van der Waals surface area contributed by atoms with E-state index in [1.54, 1.807) is 32.2 Å². The zero-order chi connectivity index (χ0) is 55.9. The molecule has 2 aromatic carbocycles. The number of guanidine groups is 1. The minimum Gasteiger partial charge on any atom is -0.508 e. The minimum atomic E-state index is -1.91. The standard InChI is InChI=1S/C52H72N10O13/c1-29(26-30(2)42(75-7)27-35-12-9-8-10-13-35)15-21-37-31(3)45(66)60-40(50(71)72)23-24-44(65)62(6)33(5)47(68)56-32(4)46(67)59-39(22-18-34-16-19-36(63)20-17-34)49(70)61-41(51(73)74)28-43(64)57-38(48(69)58-37)14-11-25-55-52(53)54/h8-10,12-13,15-17,19-21,26,30-32,37-42,63H,5,11,14,18,22-25,27-28H2,1-4,6-7H3,(H,56,68)(H,57,64)(H,58,69)(H,59,67)(H,60,66)(H,61,70)(H,71,72)(H,73,74)(H4,53,54,55). The third-order valence-electron chi connectivity index (χ3n) is 12.5. The molecule has 23 nitrogen and oxygen atoms in total. The second-order valence-electron chi connectivity index (χ2n) is 18.4. The monoisotopic (exact) mass is 1040 g/mol. The number of benzene rings is 2. The first-order chi connectivity index (χ1) is 35.4. The second kappa shape index (κ2) is 30.2. The van der Waals surface area contributed by atoms with E-state index in [-0.39, 0.29) is 56.0 Å². The van der Waals surface area contributed by atoms with Crippen molar-refractivity contribution < 1.29 is 63.2 Å². The Hall–Kier alpha value is -8.08. The van der Waals surface area contributed by atoms with Crippen molar-refractivity contribution in [3.63, 3.8) is 0 Å². The Labute approximate surface area is 436 Å². The number of amides is 7. The summed E-state index contributed by atoms with van der Waals surface area (Å²) in [6.07, 6.45) is 3.58. The quantitative estimate of drug-likeness (QED) is 0.0362. The molecule has 1 saturated heterocycles. The van der Waals surface area contributed by atoms with Gasteiger partial charge in [-0.15, -0.1) is 0 Å². The summed E-state index contributed by atoms with van der Waals surface area (Å²) >= 11 is 0. The number of hydrogen-bond donors (Lipinski definition) is 11. The summed E-state index contributed by atoms with van der Waals surface area (Å²) in [5.41, 5.74) is 13.0. The number of aliphatic carboxylic acids is 2. The fourth-order valence-electron chi connectivity index (χ4n) is 7.80. The molecule has 1 fully saturated rings. The molecule has 0 bridgehead atoms. The number of carboxylic acid groups (broad SMARTS) is 2. The molecule has 3 rings (SSSR count). The molecular formula is C52H72N10O13. The maximum atomic E-state index is 14.4. The summed E-state index contributed by atoms with van der Waals surface area (Å²) in [7, 11) is 2.80. The van der Waals surface area contributed by atoms with Gasteiger partial charge in [0.2, 0.25) is 35.4 Å². The van der Waals surface area contributed by atoms with Crippen molar-refractivity contribution in [3.05, 3.63) is 102 Å². The van der Waals surface area contributed by atoms with Crippen LogP contribution in [0.4, 0.5) is 0 Å². The zero-order valence-electron chi connectivity index (χ0n) is 43.2. The van der Waals surface area contributed by atoms with E-state index in [4.69, 9.17) is 16.2 Å². The van der Waals surface area contributed by atoms with E-state index in [1.165, 1.54) is 39.1 Å². The highest BCUT2D eigenvalue weighted by atomic mass is 16.5. The van der Waals surface area contributed by atoms with Crippen molar-refractivity contribution in [2.24, 2.45) is 28.3 Å². The van der Waals surface area contributed by atoms with Crippen molar-refractivity contribution in [2.75, 3.05) is 20.7 Å². The molecule has 1 aliphatic heterocycles. The maximum absolute atomic E-state index is 14.4. The van der Waals surface area contributed by atoms with E-state index in [1.807, 2.05) is 43.3 Å². The van der Waals surface area contributed by atoms with Crippen LogP contribution in [0, 0.1) is 11.8 Å². The van der Waals surface area contributed by atoms with E-state index in [0.29, 0.717) is 17.6 Å². The van der Waals surface area contributed by atoms with E-state index in [9.17, 15) is 58.5 Å². The molecule has 13 N–H and O–H groups in total. The van der Waals surface area contributed by atoms with Gasteiger partial charge >= 0.3 is 11.9 Å². The molecule has 1 aliphatic rings. The lowest BCUT2D eigenvalue weighted by atomic mass is 9.94. The number of nitrogens with zero attached hydrogens (tertiary/aromatic N) is 2. The predicted molar refractivity (Wildman–Crippen MR) is 277 cm³/mol. The second-order valence-corrected chi connectivity index (χ2v) is 18.4. The minimum absolute atomic E-state index is 0.00931. The van der Waals surface area contributed by atoms with Crippen molar-refractivity contribution in [3.8, 4) is 5.75 Å². The van der Waals surface area contributed by atoms with Crippen LogP contribution < -0.4 is 43.4 Å². The largest absolute Gasteiger partial charge is 0.508 e.